The first-order valence-corrected chi connectivity index (χ1v) is 8.68. The molecule has 9 nitrogen and oxygen atoms in total. The Labute approximate surface area is 145 Å². The van der Waals surface area contributed by atoms with Gasteiger partial charge in [-0.2, -0.15) is 4.98 Å². The van der Waals surface area contributed by atoms with E-state index in [4.69, 9.17) is 10.5 Å². The Morgan fingerprint density at radius 2 is 2.00 bits per heavy atom. The second-order valence-electron chi connectivity index (χ2n) is 6.39. The van der Waals surface area contributed by atoms with Gasteiger partial charge in [0.15, 0.2) is 11.9 Å². The molecule has 0 spiro atoms. The van der Waals surface area contributed by atoms with Crippen LogP contribution < -0.4 is 5.73 Å². The maximum Gasteiger partial charge on any atom is 0.222 e. The lowest BCUT2D eigenvalue weighted by molar-refractivity contribution is -0.0511. The summed E-state index contributed by atoms with van der Waals surface area (Å²) >= 11 is 0. The van der Waals surface area contributed by atoms with E-state index in [-0.39, 0.29) is 12.6 Å². The van der Waals surface area contributed by atoms with Crippen LogP contribution in [-0.2, 0) is 11.2 Å². The summed E-state index contributed by atoms with van der Waals surface area (Å²) in [5, 5.41) is 29.4. The number of nitrogens with zero attached hydrogens (tertiary/aromatic N) is 4. The standard InChI is InChI=1S/C16H25N5O4/c1-2-3-4-5-6-9-11-14(20-16(17)19-9)21(8-18-11)15-13(24)12(23)10(7-22)25-15/h8,10,12-13,15,22-24H,2-7H2,1H3,(H2,17,19,20)/t10-,12-,13-,15-/m1/s1. The molecule has 0 radical (unpaired) electrons. The fourth-order valence-corrected chi connectivity index (χ4v) is 3.18. The van der Waals surface area contributed by atoms with Crippen molar-refractivity contribution in [3.05, 3.63) is 12.0 Å². The number of ether oxygens (including phenoxy) is 1. The molecule has 138 valence electrons. The maximum absolute atomic E-state index is 10.2. The van der Waals surface area contributed by atoms with Crippen molar-refractivity contribution in [3.8, 4) is 0 Å². The van der Waals surface area contributed by atoms with E-state index in [9.17, 15) is 15.3 Å². The van der Waals surface area contributed by atoms with Crippen molar-refractivity contribution in [2.75, 3.05) is 12.3 Å². The third-order valence-corrected chi connectivity index (χ3v) is 4.57. The highest BCUT2D eigenvalue weighted by atomic mass is 16.6. The van der Waals surface area contributed by atoms with Gasteiger partial charge in [-0.3, -0.25) is 4.57 Å². The third kappa shape index (κ3) is 3.45. The Balaban J connectivity index is 1.89. The van der Waals surface area contributed by atoms with E-state index < -0.39 is 24.5 Å². The minimum atomic E-state index is -1.20. The van der Waals surface area contributed by atoms with E-state index in [1.165, 1.54) is 17.3 Å². The summed E-state index contributed by atoms with van der Waals surface area (Å²) in [6, 6.07) is 0. The summed E-state index contributed by atoms with van der Waals surface area (Å²) in [5.41, 5.74) is 7.67. The first kappa shape index (κ1) is 18.0. The number of aliphatic hydroxyl groups is 3. The number of aryl methyl sites for hydroxylation is 1. The lowest BCUT2D eigenvalue weighted by atomic mass is 10.1. The molecule has 25 heavy (non-hydrogen) atoms. The number of fused-ring (bicyclic) bond motifs is 1. The molecule has 2 aromatic rings. The van der Waals surface area contributed by atoms with E-state index in [0.717, 1.165) is 31.4 Å². The number of aliphatic hydroxyl groups excluding tert-OH is 3. The van der Waals surface area contributed by atoms with Crippen molar-refractivity contribution in [2.45, 2.75) is 63.6 Å². The van der Waals surface area contributed by atoms with E-state index in [2.05, 4.69) is 21.9 Å². The number of nitrogen functional groups attached to an aromatic ring is 1. The largest absolute Gasteiger partial charge is 0.394 e. The van der Waals surface area contributed by atoms with E-state index in [1.807, 2.05) is 0 Å². The molecule has 0 aliphatic carbocycles. The molecule has 0 aromatic carbocycles. The minimum absolute atomic E-state index is 0.131. The monoisotopic (exact) mass is 351 g/mol. The van der Waals surface area contributed by atoms with Crippen molar-refractivity contribution in [1.82, 2.24) is 19.5 Å². The summed E-state index contributed by atoms with van der Waals surface area (Å²) in [6.07, 6.45) is 2.54. The molecule has 0 saturated carbocycles. The van der Waals surface area contributed by atoms with Gasteiger partial charge in [-0.1, -0.05) is 26.2 Å². The number of hydrogen-bond donors (Lipinski definition) is 4. The Hall–Kier alpha value is -1.81. The first-order valence-electron chi connectivity index (χ1n) is 8.68. The van der Waals surface area contributed by atoms with Crippen LogP contribution >= 0.6 is 0 Å². The molecule has 2 aromatic heterocycles. The molecule has 4 atom stereocenters. The van der Waals surface area contributed by atoms with Gasteiger partial charge < -0.3 is 25.8 Å². The molecule has 1 aliphatic rings. The van der Waals surface area contributed by atoms with Crippen LogP contribution in [0.5, 0.6) is 0 Å². The van der Waals surface area contributed by atoms with E-state index in [0.29, 0.717) is 11.2 Å². The van der Waals surface area contributed by atoms with Gasteiger partial charge >= 0.3 is 0 Å². The molecule has 3 rings (SSSR count). The molecule has 5 N–H and O–H groups in total. The summed E-state index contributed by atoms with van der Waals surface area (Å²) in [4.78, 5) is 12.9. The zero-order chi connectivity index (χ0) is 18.0. The lowest BCUT2D eigenvalue weighted by Gasteiger charge is -2.16. The number of aromatic nitrogens is 4. The molecule has 0 amide bonds. The van der Waals surface area contributed by atoms with Crippen LogP contribution in [-0.4, -0.2) is 59.8 Å². The van der Waals surface area contributed by atoms with E-state index >= 15 is 0 Å². The SMILES string of the molecule is CCCCCCc1nc(N)nc2c1ncn2[C@@H]1O[C@H](CO)[C@@H](O)[C@H]1O. The number of nitrogens with two attached hydrogens (primary N) is 1. The van der Waals surface area contributed by atoms with Crippen LogP contribution in [0.15, 0.2) is 6.33 Å². The van der Waals surface area contributed by atoms with E-state index in [1.54, 1.807) is 0 Å². The fourth-order valence-electron chi connectivity index (χ4n) is 3.18. The van der Waals surface area contributed by atoms with Gasteiger partial charge in [0.1, 0.15) is 23.8 Å². The number of unbranched alkanes of at least 4 members (excludes halogenated alkanes) is 3. The highest BCUT2D eigenvalue weighted by Crippen LogP contribution is 2.32. The Morgan fingerprint density at radius 1 is 1.20 bits per heavy atom. The maximum atomic E-state index is 10.2. The second kappa shape index (κ2) is 7.61. The van der Waals surface area contributed by atoms with Gasteiger partial charge in [0, 0.05) is 0 Å². The fraction of sp³-hybridized carbons (Fsp3) is 0.688. The summed E-state index contributed by atoms with van der Waals surface area (Å²) in [7, 11) is 0. The smallest absolute Gasteiger partial charge is 0.222 e. The molecule has 3 heterocycles. The molecule has 1 aliphatic heterocycles. The first-order chi connectivity index (χ1) is 12.1. The van der Waals surface area contributed by atoms with Crippen LogP contribution in [0.4, 0.5) is 5.95 Å². The molecule has 0 bridgehead atoms. The molecule has 0 unspecified atom stereocenters. The van der Waals surface area contributed by atoms with Gasteiger partial charge in [0.25, 0.3) is 0 Å². The van der Waals surface area contributed by atoms with Crippen LogP contribution in [0, 0.1) is 0 Å². The minimum Gasteiger partial charge on any atom is -0.394 e. The average molecular weight is 351 g/mol. The van der Waals surface area contributed by atoms with Crippen molar-refractivity contribution < 1.29 is 20.1 Å². The second-order valence-corrected chi connectivity index (χ2v) is 6.39. The predicted molar refractivity (Wildman–Crippen MR) is 90.6 cm³/mol. The number of rotatable bonds is 7. The summed E-state index contributed by atoms with van der Waals surface area (Å²) in [6.45, 7) is 1.77. The van der Waals surface area contributed by atoms with Crippen molar-refractivity contribution >= 4 is 17.1 Å². The summed E-state index contributed by atoms with van der Waals surface area (Å²) in [5.74, 6) is 0.131. The normalized spacial score (nSPS) is 26.6. The number of imidazole rings is 1. The number of hydrogen-bond acceptors (Lipinski definition) is 8. The number of anilines is 1. The van der Waals surface area contributed by atoms with Gasteiger partial charge in [-0.05, 0) is 12.8 Å². The lowest BCUT2D eigenvalue weighted by Crippen LogP contribution is -2.33. The van der Waals surface area contributed by atoms with Gasteiger partial charge in [0.05, 0.1) is 18.6 Å². The van der Waals surface area contributed by atoms with Crippen LogP contribution in [0.25, 0.3) is 11.2 Å². The highest BCUT2D eigenvalue weighted by molar-refractivity contribution is 5.74. The molecule has 1 fully saturated rings. The Morgan fingerprint density at radius 3 is 2.68 bits per heavy atom. The quantitative estimate of drug-likeness (QED) is 0.517. The highest BCUT2D eigenvalue weighted by Gasteiger charge is 2.44. The van der Waals surface area contributed by atoms with Crippen LogP contribution in [0.1, 0.15) is 44.5 Å². The zero-order valence-corrected chi connectivity index (χ0v) is 14.2. The molecular formula is C16H25N5O4. The molecule has 1 saturated heterocycles. The molecular weight excluding hydrogens is 326 g/mol. The van der Waals surface area contributed by atoms with Gasteiger partial charge in [-0.15, -0.1) is 0 Å². The average Bonchev–Trinajstić information content (AvgIpc) is 3.13. The van der Waals surface area contributed by atoms with Crippen molar-refractivity contribution in [3.63, 3.8) is 0 Å². The van der Waals surface area contributed by atoms with Crippen molar-refractivity contribution in [1.29, 1.82) is 0 Å². The topological polar surface area (TPSA) is 140 Å². The van der Waals surface area contributed by atoms with Crippen molar-refractivity contribution in [2.24, 2.45) is 0 Å². The van der Waals surface area contributed by atoms with Crippen LogP contribution in [0.3, 0.4) is 0 Å². The Kier molecular flexibility index (Phi) is 5.48. The summed E-state index contributed by atoms with van der Waals surface area (Å²) < 4.78 is 7.09. The predicted octanol–water partition coefficient (Wildman–Crippen LogP) is 0.143. The van der Waals surface area contributed by atoms with Gasteiger partial charge in [-0.25, -0.2) is 9.97 Å². The van der Waals surface area contributed by atoms with Crippen LogP contribution in [0.2, 0.25) is 0 Å². The third-order valence-electron chi connectivity index (χ3n) is 4.57. The Bertz CT molecular complexity index is 722. The van der Waals surface area contributed by atoms with Gasteiger partial charge in [0.2, 0.25) is 5.95 Å². The molecule has 9 heteroatoms. The zero-order valence-electron chi connectivity index (χ0n) is 14.2.